The SMILES string of the molecule is C1=C(c2ccc3c(c2)sc2ccccc23)CCC=C1c1cc(-c2ccc3c(c2)c2ccccc2n3-c2ccccc2)ccc1NC1=CC1C1C=c2ccccc2=CC1. The molecule has 0 saturated heterocycles. The first-order valence-corrected chi connectivity index (χ1v) is 21.4. The molecule has 0 radical (unpaired) electrons. The van der Waals surface area contributed by atoms with E-state index in [0.717, 1.165) is 19.3 Å². The molecule has 2 nitrogen and oxygen atoms in total. The van der Waals surface area contributed by atoms with Crippen molar-refractivity contribution in [2.24, 2.45) is 11.8 Å². The molecule has 2 aromatic heterocycles. The summed E-state index contributed by atoms with van der Waals surface area (Å²) < 4.78 is 5.10. The van der Waals surface area contributed by atoms with E-state index in [1.54, 1.807) is 0 Å². The van der Waals surface area contributed by atoms with E-state index in [4.69, 9.17) is 0 Å². The van der Waals surface area contributed by atoms with Gasteiger partial charge in [0.1, 0.15) is 0 Å². The molecular weight excluding hydrogens is 721 g/mol. The van der Waals surface area contributed by atoms with E-state index in [-0.39, 0.29) is 0 Å². The number of allylic oxidation sites excluding steroid dienone is 6. The Morgan fingerprint density at radius 3 is 2.22 bits per heavy atom. The number of nitrogens with one attached hydrogen (secondary N) is 1. The van der Waals surface area contributed by atoms with Crippen molar-refractivity contribution < 1.29 is 0 Å². The number of benzene rings is 7. The predicted molar refractivity (Wildman–Crippen MR) is 249 cm³/mol. The summed E-state index contributed by atoms with van der Waals surface area (Å²) in [5, 5.41) is 11.9. The summed E-state index contributed by atoms with van der Waals surface area (Å²) in [7, 11) is 0. The molecule has 2 unspecified atom stereocenters. The largest absolute Gasteiger partial charge is 0.358 e. The first-order chi connectivity index (χ1) is 28.7. The van der Waals surface area contributed by atoms with E-state index in [9.17, 15) is 0 Å². The van der Waals surface area contributed by atoms with Crippen molar-refractivity contribution in [1.82, 2.24) is 4.57 Å². The molecule has 3 aliphatic carbocycles. The highest BCUT2D eigenvalue weighted by Crippen LogP contribution is 2.44. The number of fused-ring (bicyclic) bond motifs is 7. The van der Waals surface area contributed by atoms with Crippen molar-refractivity contribution in [3.63, 3.8) is 0 Å². The van der Waals surface area contributed by atoms with Gasteiger partial charge in [-0.15, -0.1) is 11.3 Å². The number of thiophene rings is 1. The van der Waals surface area contributed by atoms with E-state index in [0.29, 0.717) is 11.8 Å². The van der Waals surface area contributed by atoms with Crippen molar-refractivity contribution in [2.45, 2.75) is 19.3 Å². The number of para-hydroxylation sites is 2. The molecule has 3 heteroatoms. The Kier molecular flexibility index (Phi) is 7.77. The lowest BCUT2D eigenvalue weighted by Crippen LogP contribution is -2.29. The average Bonchev–Trinajstić information content (AvgIpc) is 3.84. The fourth-order valence-electron chi connectivity index (χ4n) is 9.56. The number of hydrogen-bond acceptors (Lipinski definition) is 2. The normalized spacial score (nSPS) is 17.3. The van der Waals surface area contributed by atoms with Crippen LogP contribution in [0.3, 0.4) is 0 Å². The van der Waals surface area contributed by atoms with Crippen LogP contribution >= 0.6 is 11.3 Å². The average molecular weight is 761 g/mol. The van der Waals surface area contributed by atoms with E-state index < -0.39 is 0 Å². The van der Waals surface area contributed by atoms with E-state index >= 15 is 0 Å². The number of nitrogens with zero attached hydrogens (tertiary/aromatic N) is 1. The second-order valence-corrected chi connectivity index (χ2v) is 17.1. The third-order valence-electron chi connectivity index (χ3n) is 12.6. The lowest BCUT2D eigenvalue weighted by atomic mass is 9.88. The molecule has 9 aromatic rings. The molecule has 12 rings (SSSR count). The van der Waals surface area contributed by atoms with Crippen LogP contribution < -0.4 is 15.8 Å². The monoisotopic (exact) mass is 760 g/mol. The summed E-state index contributed by atoms with van der Waals surface area (Å²) in [6, 6.07) is 58.2. The summed E-state index contributed by atoms with van der Waals surface area (Å²) >= 11 is 1.90. The van der Waals surface area contributed by atoms with Crippen LogP contribution in [0.1, 0.15) is 30.4 Å². The van der Waals surface area contributed by atoms with Crippen molar-refractivity contribution in [1.29, 1.82) is 0 Å². The quantitative estimate of drug-likeness (QED) is 0.171. The standard InChI is InChI=1S/C55H40N2S/c1-2-15-43(16-3-1)57-52-19-8-6-17-44(52)49-32-39(25-28-53(49)57)38-24-27-50(56-51-34-48(51)42-22-21-35-11-4-5-12-36(35)29-42)47(31-38)41-14-10-13-37(30-41)40-23-26-46-45-18-7-9-20-54(45)58-55(46)33-40/h1-9,11-12,14-21,23-34,42,48,56H,10,13,22H2. The Morgan fingerprint density at radius 2 is 1.29 bits per heavy atom. The third kappa shape index (κ3) is 5.69. The first-order valence-electron chi connectivity index (χ1n) is 20.5. The maximum absolute atomic E-state index is 3.96. The van der Waals surface area contributed by atoms with Crippen molar-refractivity contribution >= 4 is 82.3 Å². The van der Waals surface area contributed by atoms with E-state index in [1.807, 2.05) is 11.3 Å². The molecule has 58 heavy (non-hydrogen) atoms. The minimum absolute atomic E-state index is 0.431. The van der Waals surface area contributed by atoms with Crippen LogP contribution in [0.15, 0.2) is 182 Å². The molecule has 7 aromatic carbocycles. The van der Waals surface area contributed by atoms with Gasteiger partial charge in [-0.2, -0.15) is 0 Å². The van der Waals surface area contributed by atoms with Crippen LogP contribution in [0, 0.1) is 11.8 Å². The highest BCUT2D eigenvalue weighted by molar-refractivity contribution is 7.25. The molecule has 0 aliphatic heterocycles. The summed E-state index contributed by atoms with van der Waals surface area (Å²) in [5.41, 5.74) is 13.8. The second-order valence-electron chi connectivity index (χ2n) is 16.0. The fourth-order valence-corrected chi connectivity index (χ4v) is 10.7. The summed E-state index contributed by atoms with van der Waals surface area (Å²) in [4.78, 5) is 0. The predicted octanol–water partition coefficient (Wildman–Crippen LogP) is 13.3. The third-order valence-corrected chi connectivity index (χ3v) is 13.7. The van der Waals surface area contributed by atoms with Gasteiger partial charge in [-0.3, -0.25) is 0 Å². The topological polar surface area (TPSA) is 17.0 Å². The van der Waals surface area contributed by atoms with Gasteiger partial charge < -0.3 is 9.88 Å². The Labute approximate surface area is 341 Å². The van der Waals surface area contributed by atoms with Gasteiger partial charge in [0.25, 0.3) is 0 Å². The summed E-state index contributed by atoms with van der Waals surface area (Å²) in [6.45, 7) is 0. The van der Waals surface area contributed by atoms with Crippen LogP contribution in [-0.2, 0) is 0 Å². The molecule has 0 spiro atoms. The van der Waals surface area contributed by atoms with Gasteiger partial charge in [0.2, 0.25) is 0 Å². The Bertz CT molecular complexity index is 3350. The molecule has 0 bridgehead atoms. The van der Waals surface area contributed by atoms with Gasteiger partial charge in [0.05, 0.1) is 11.0 Å². The van der Waals surface area contributed by atoms with Crippen molar-refractivity contribution in [3.8, 4) is 16.8 Å². The smallest absolute Gasteiger partial charge is 0.0541 e. The molecule has 0 fully saturated rings. The number of rotatable bonds is 7. The minimum Gasteiger partial charge on any atom is -0.358 e. The zero-order valence-corrected chi connectivity index (χ0v) is 32.8. The first kappa shape index (κ1) is 33.5. The molecule has 276 valence electrons. The Hall–Kier alpha value is -6.68. The maximum atomic E-state index is 3.96. The number of hydrogen-bond donors (Lipinski definition) is 1. The van der Waals surface area contributed by atoms with E-state index in [2.05, 4.69) is 198 Å². The van der Waals surface area contributed by atoms with Gasteiger partial charge in [-0.1, -0.05) is 134 Å². The Morgan fingerprint density at radius 1 is 0.552 bits per heavy atom. The van der Waals surface area contributed by atoms with Crippen LogP contribution in [0.4, 0.5) is 5.69 Å². The zero-order chi connectivity index (χ0) is 38.2. The molecule has 2 heterocycles. The van der Waals surface area contributed by atoms with Gasteiger partial charge >= 0.3 is 0 Å². The van der Waals surface area contributed by atoms with Crippen molar-refractivity contribution in [3.05, 3.63) is 203 Å². The summed E-state index contributed by atoms with van der Waals surface area (Å²) in [5.74, 6) is 0.912. The molecule has 3 aliphatic rings. The van der Waals surface area contributed by atoms with Crippen LogP contribution in [0.5, 0.6) is 0 Å². The maximum Gasteiger partial charge on any atom is 0.0541 e. The molecule has 1 N–H and O–H groups in total. The fraction of sp³-hybridized carbons (Fsp3) is 0.0909. The molecule has 2 atom stereocenters. The van der Waals surface area contributed by atoms with Gasteiger partial charge in [-0.05, 0) is 118 Å². The van der Waals surface area contributed by atoms with Crippen LogP contribution in [-0.4, -0.2) is 4.57 Å². The van der Waals surface area contributed by atoms with E-state index in [1.165, 1.54) is 103 Å². The number of aromatic nitrogens is 1. The van der Waals surface area contributed by atoms with Crippen molar-refractivity contribution in [2.75, 3.05) is 5.32 Å². The summed E-state index contributed by atoms with van der Waals surface area (Å²) in [6.07, 6.45) is 15.3. The zero-order valence-electron chi connectivity index (χ0n) is 32.0. The lowest BCUT2D eigenvalue weighted by molar-refractivity contribution is 0.644. The van der Waals surface area contributed by atoms with Crippen LogP contribution in [0.25, 0.3) is 82.1 Å². The molecule has 0 amide bonds. The Balaban J connectivity index is 0.941. The highest BCUT2D eigenvalue weighted by atomic mass is 32.1. The second kappa shape index (κ2) is 13.5. The molecular formula is C55H40N2S. The molecule has 0 saturated carbocycles. The minimum atomic E-state index is 0.431. The number of anilines is 1. The van der Waals surface area contributed by atoms with Crippen LogP contribution in [0.2, 0.25) is 0 Å². The highest BCUT2D eigenvalue weighted by Gasteiger charge is 2.33. The lowest BCUT2D eigenvalue weighted by Gasteiger charge is -2.20. The van der Waals surface area contributed by atoms with Gasteiger partial charge in [0, 0.05) is 59.5 Å². The van der Waals surface area contributed by atoms with Gasteiger partial charge in [0.15, 0.2) is 0 Å². The van der Waals surface area contributed by atoms with Gasteiger partial charge in [-0.25, -0.2) is 0 Å².